The first-order chi connectivity index (χ1) is 12.9. The van der Waals surface area contributed by atoms with Crippen LogP contribution < -0.4 is 15.5 Å². The van der Waals surface area contributed by atoms with Gasteiger partial charge in [-0.05, 0) is 43.3 Å². The number of amides is 1. The second-order valence-electron chi connectivity index (χ2n) is 6.40. The van der Waals surface area contributed by atoms with Crippen molar-refractivity contribution in [1.82, 2.24) is 0 Å². The van der Waals surface area contributed by atoms with Crippen LogP contribution in [-0.4, -0.2) is 42.8 Å². The van der Waals surface area contributed by atoms with Gasteiger partial charge in [-0.25, -0.2) is 0 Å². The topological polar surface area (TPSA) is 110 Å². The molecule has 1 saturated heterocycles. The molecule has 0 bridgehead atoms. The standard InChI is InChI=1S/C19H20N4O4/c1-13(24)15-4-7-17(18(12-15)23(26)27)22-10-8-21(9-11-22)16-5-2-14(3-6-16)19(20)25/h2-7,12H,8-11H2,1H3,(H2,20,25). The number of carbonyl (C=O) groups excluding carboxylic acids is 2. The Balaban J connectivity index is 1.74. The van der Waals surface area contributed by atoms with E-state index in [4.69, 9.17) is 5.73 Å². The second-order valence-corrected chi connectivity index (χ2v) is 6.40. The van der Waals surface area contributed by atoms with Crippen LogP contribution in [0.1, 0.15) is 27.6 Å². The third-order valence-electron chi connectivity index (χ3n) is 4.72. The number of nitrogens with two attached hydrogens (primary N) is 1. The Hall–Kier alpha value is -3.42. The fourth-order valence-electron chi connectivity index (χ4n) is 3.20. The summed E-state index contributed by atoms with van der Waals surface area (Å²) in [5.74, 6) is -0.665. The number of rotatable bonds is 5. The molecule has 0 aromatic heterocycles. The summed E-state index contributed by atoms with van der Waals surface area (Å²) in [6, 6.07) is 11.7. The van der Waals surface area contributed by atoms with Gasteiger partial charge in [-0.2, -0.15) is 0 Å². The van der Waals surface area contributed by atoms with Crippen molar-refractivity contribution in [3.05, 3.63) is 63.7 Å². The summed E-state index contributed by atoms with van der Waals surface area (Å²) >= 11 is 0. The number of hydrogen-bond donors (Lipinski definition) is 1. The van der Waals surface area contributed by atoms with E-state index in [-0.39, 0.29) is 11.5 Å². The Bertz CT molecular complexity index is 887. The first-order valence-electron chi connectivity index (χ1n) is 8.56. The second kappa shape index (κ2) is 7.45. The average molecular weight is 368 g/mol. The summed E-state index contributed by atoms with van der Waals surface area (Å²) in [6.07, 6.45) is 0. The first kappa shape index (κ1) is 18.4. The van der Waals surface area contributed by atoms with Crippen molar-refractivity contribution in [2.45, 2.75) is 6.92 Å². The maximum absolute atomic E-state index is 11.5. The van der Waals surface area contributed by atoms with Crippen molar-refractivity contribution in [2.75, 3.05) is 36.0 Å². The van der Waals surface area contributed by atoms with Crippen LogP contribution in [0.15, 0.2) is 42.5 Å². The number of Topliss-reactive ketones (excluding diaryl/α,β-unsaturated/α-hetero) is 1. The van der Waals surface area contributed by atoms with E-state index in [0.29, 0.717) is 43.0 Å². The number of nitro benzene ring substituents is 1. The van der Waals surface area contributed by atoms with E-state index in [0.717, 1.165) is 5.69 Å². The molecule has 8 heteroatoms. The molecule has 1 aliphatic rings. The SMILES string of the molecule is CC(=O)c1ccc(N2CCN(c3ccc(C(N)=O)cc3)CC2)c([N+](=O)[O-])c1. The van der Waals surface area contributed by atoms with Crippen molar-refractivity contribution >= 4 is 28.8 Å². The molecule has 8 nitrogen and oxygen atoms in total. The van der Waals surface area contributed by atoms with Gasteiger partial charge in [0, 0.05) is 49.1 Å². The highest BCUT2D eigenvalue weighted by Crippen LogP contribution is 2.31. The van der Waals surface area contributed by atoms with E-state index in [1.165, 1.54) is 13.0 Å². The maximum Gasteiger partial charge on any atom is 0.293 e. The molecule has 2 N–H and O–H groups in total. The quantitative estimate of drug-likeness (QED) is 0.492. The fraction of sp³-hybridized carbons (Fsp3) is 0.263. The van der Waals surface area contributed by atoms with Gasteiger partial charge in [0.1, 0.15) is 5.69 Å². The van der Waals surface area contributed by atoms with Gasteiger partial charge in [-0.1, -0.05) is 0 Å². The summed E-state index contributed by atoms with van der Waals surface area (Å²) < 4.78 is 0. The molecule has 2 aromatic carbocycles. The smallest absolute Gasteiger partial charge is 0.293 e. The minimum Gasteiger partial charge on any atom is -0.368 e. The number of anilines is 2. The number of nitro groups is 1. The van der Waals surface area contributed by atoms with E-state index in [9.17, 15) is 19.7 Å². The van der Waals surface area contributed by atoms with Crippen LogP contribution in [0, 0.1) is 10.1 Å². The minimum absolute atomic E-state index is 0.0537. The van der Waals surface area contributed by atoms with Crippen LogP contribution in [0.2, 0.25) is 0 Å². The van der Waals surface area contributed by atoms with Crippen LogP contribution in [0.4, 0.5) is 17.1 Å². The summed E-state index contributed by atoms with van der Waals surface area (Å²) in [7, 11) is 0. The number of hydrogen-bond acceptors (Lipinski definition) is 6. The van der Waals surface area contributed by atoms with Crippen LogP contribution >= 0.6 is 0 Å². The van der Waals surface area contributed by atoms with Gasteiger partial charge in [0.15, 0.2) is 5.78 Å². The van der Waals surface area contributed by atoms with Gasteiger partial charge in [-0.3, -0.25) is 19.7 Å². The molecular formula is C19H20N4O4. The van der Waals surface area contributed by atoms with Crippen LogP contribution in [-0.2, 0) is 0 Å². The molecule has 0 atom stereocenters. The summed E-state index contributed by atoms with van der Waals surface area (Å²) in [6.45, 7) is 3.97. The molecule has 2 aromatic rings. The van der Waals surface area contributed by atoms with Gasteiger partial charge < -0.3 is 15.5 Å². The maximum atomic E-state index is 11.5. The molecule has 1 fully saturated rings. The Morgan fingerprint density at radius 1 is 0.963 bits per heavy atom. The largest absolute Gasteiger partial charge is 0.368 e. The van der Waals surface area contributed by atoms with E-state index in [2.05, 4.69) is 4.90 Å². The van der Waals surface area contributed by atoms with Crippen LogP contribution in [0.5, 0.6) is 0 Å². The monoisotopic (exact) mass is 368 g/mol. The normalized spacial score (nSPS) is 14.1. The number of carbonyl (C=O) groups is 2. The number of benzene rings is 2. The molecule has 0 unspecified atom stereocenters. The van der Waals surface area contributed by atoms with Crippen LogP contribution in [0.25, 0.3) is 0 Å². The highest BCUT2D eigenvalue weighted by atomic mass is 16.6. The van der Waals surface area contributed by atoms with Gasteiger partial charge >= 0.3 is 0 Å². The van der Waals surface area contributed by atoms with Crippen molar-refractivity contribution in [3.63, 3.8) is 0 Å². The third kappa shape index (κ3) is 3.89. The Morgan fingerprint density at radius 2 is 1.52 bits per heavy atom. The molecule has 1 aliphatic heterocycles. The summed E-state index contributed by atoms with van der Waals surface area (Å²) in [4.78, 5) is 37.8. The zero-order valence-electron chi connectivity index (χ0n) is 14.9. The third-order valence-corrected chi connectivity index (χ3v) is 4.72. The Kier molecular flexibility index (Phi) is 5.07. The lowest BCUT2D eigenvalue weighted by Gasteiger charge is -2.37. The zero-order valence-corrected chi connectivity index (χ0v) is 14.9. The number of nitrogens with zero attached hydrogens (tertiary/aromatic N) is 3. The van der Waals surface area contributed by atoms with E-state index in [1.807, 2.05) is 17.0 Å². The van der Waals surface area contributed by atoms with E-state index < -0.39 is 10.8 Å². The first-order valence-corrected chi connectivity index (χ1v) is 8.56. The molecular weight excluding hydrogens is 348 g/mol. The molecule has 0 spiro atoms. The van der Waals surface area contributed by atoms with Crippen molar-refractivity contribution in [2.24, 2.45) is 5.73 Å². The van der Waals surface area contributed by atoms with E-state index in [1.54, 1.807) is 24.3 Å². The fourth-order valence-corrected chi connectivity index (χ4v) is 3.20. The van der Waals surface area contributed by atoms with Gasteiger partial charge in [0.05, 0.1) is 4.92 Å². The molecule has 0 radical (unpaired) electrons. The highest BCUT2D eigenvalue weighted by Gasteiger charge is 2.24. The molecule has 0 aliphatic carbocycles. The number of primary amides is 1. The number of ketones is 1. The Morgan fingerprint density at radius 3 is 2.04 bits per heavy atom. The van der Waals surface area contributed by atoms with Crippen molar-refractivity contribution < 1.29 is 14.5 Å². The minimum atomic E-state index is -0.465. The van der Waals surface area contributed by atoms with Crippen molar-refractivity contribution in [3.8, 4) is 0 Å². The lowest BCUT2D eigenvalue weighted by atomic mass is 10.1. The predicted octanol–water partition coefficient (Wildman–Crippen LogP) is 2.22. The van der Waals surface area contributed by atoms with Gasteiger partial charge in [-0.15, -0.1) is 0 Å². The summed E-state index contributed by atoms with van der Waals surface area (Å²) in [5, 5.41) is 11.4. The molecule has 1 amide bonds. The molecule has 1 heterocycles. The molecule has 27 heavy (non-hydrogen) atoms. The van der Waals surface area contributed by atoms with Gasteiger partial charge in [0.2, 0.25) is 5.91 Å². The van der Waals surface area contributed by atoms with E-state index >= 15 is 0 Å². The summed E-state index contributed by atoms with van der Waals surface area (Å²) in [5.41, 5.74) is 7.49. The van der Waals surface area contributed by atoms with Crippen LogP contribution in [0.3, 0.4) is 0 Å². The Labute approximate surface area is 156 Å². The predicted molar refractivity (Wildman–Crippen MR) is 102 cm³/mol. The lowest BCUT2D eigenvalue weighted by Crippen LogP contribution is -2.46. The average Bonchev–Trinajstić information content (AvgIpc) is 2.67. The molecule has 3 rings (SSSR count). The molecule has 140 valence electrons. The zero-order chi connectivity index (χ0) is 19.6. The highest BCUT2D eigenvalue weighted by molar-refractivity contribution is 5.95. The van der Waals surface area contributed by atoms with Crippen molar-refractivity contribution in [1.29, 1.82) is 0 Å². The molecule has 0 saturated carbocycles. The van der Waals surface area contributed by atoms with Gasteiger partial charge in [0.25, 0.3) is 5.69 Å². The lowest BCUT2D eigenvalue weighted by molar-refractivity contribution is -0.384. The number of piperazine rings is 1.